The Morgan fingerprint density at radius 3 is 2.61 bits per heavy atom. The van der Waals surface area contributed by atoms with Crippen molar-refractivity contribution in [3.05, 3.63) is 88.2 Å². The summed E-state index contributed by atoms with van der Waals surface area (Å²) < 4.78 is 11.4. The molecule has 6 heteroatoms. The number of nitrogens with zero attached hydrogens (tertiary/aromatic N) is 2. The quantitative estimate of drug-likeness (QED) is 0.359. The Labute approximate surface area is 199 Å². The fraction of sp³-hybridized carbons (Fsp3) is 0.259. The number of rotatable bonds is 7. The van der Waals surface area contributed by atoms with Crippen LogP contribution in [0, 0.1) is 6.92 Å². The Morgan fingerprint density at radius 2 is 1.94 bits per heavy atom. The van der Waals surface area contributed by atoms with Crippen LogP contribution >= 0.6 is 11.8 Å². The first-order valence-electron chi connectivity index (χ1n) is 11.1. The van der Waals surface area contributed by atoms with Crippen molar-refractivity contribution in [3.63, 3.8) is 0 Å². The molecule has 0 N–H and O–H groups in total. The van der Waals surface area contributed by atoms with Gasteiger partial charge >= 0.3 is 0 Å². The van der Waals surface area contributed by atoms with Crippen LogP contribution in [0.4, 0.5) is 5.69 Å². The van der Waals surface area contributed by atoms with E-state index in [2.05, 4.69) is 26.0 Å². The van der Waals surface area contributed by atoms with Crippen LogP contribution in [0.2, 0.25) is 0 Å². The molecule has 5 nitrogen and oxygen atoms in total. The highest BCUT2D eigenvalue weighted by atomic mass is 32.2. The van der Waals surface area contributed by atoms with E-state index in [1.807, 2.05) is 62.4 Å². The SMILES string of the molecule is CCOc1cc(C)c(/C=C2\SC(=Nc3ccccc3)N(Cc3ccco3)C2=O)cc1C(C)C. The van der Waals surface area contributed by atoms with Gasteiger partial charge in [0, 0.05) is 0 Å². The molecule has 2 heterocycles. The zero-order valence-corrected chi connectivity index (χ0v) is 20.2. The van der Waals surface area contributed by atoms with E-state index in [-0.39, 0.29) is 5.91 Å². The van der Waals surface area contributed by atoms with Crippen LogP contribution in [0.25, 0.3) is 6.08 Å². The zero-order valence-electron chi connectivity index (χ0n) is 19.4. The number of para-hydroxylation sites is 1. The van der Waals surface area contributed by atoms with Gasteiger partial charge in [0.2, 0.25) is 0 Å². The maximum atomic E-state index is 13.4. The van der Waals surface area contributed by atoms with Gasteiger partial charge in [-0.3, -0.25) is 9.69 Å². The van der Waals surface area contributed by atoms with Gasteiger partial charge in [-0.2, -0.15) is 0 Å². The summed E-state index contributed by atoms with van der Waals surface area (Å²) in [5.41, 5.74) is 4.01. The number of aliphatic imine (C=N–C) groups is 1. The lowest BCUT2D eigenvalue weighted by Gasteiger charge is -2.16. The Kier molecular flexibility index (Phi) is 7.04. The summed E-state index contributed by atoms with van der Waals surface area (Å²) in [6.07, 6.45) is 3.58. The average Bonchev–Trinajstić information content (AvgIpc) is 3.40. The summed E-state index contributed by atoms with van der Waals surface area (Å²) in [6.45, 7) is 9.29. The van der Waals surface area contributed by atoms with Crippen LogP contribution in [-0.2, 0) is 11.3 Å². The van der Waals surface area contributed by atoms with Crippen LogP contribution in [0.1, 0.15) is 49.1 Å². The normalized spacial score (nSPS) is 16.4. The number of hydrogen-bond donors (Lipinski definition) is 0. The standard InChI is InChI=1S/C27H28N2O3S/c1-5-31-24-14-19(4)20(15-23(24)18(2)3)16-25-26(30)29(17-22-12-9-13-32-22)27(33-25)28-21-10-7-6-8-11-21/h6-16,18H,5,17H2,1-4H3/b25-16-,28-27?. The molecule has 0 aliphatic carbocycles. The lowest BCUT2D eigenvalue weighted by atomic mass is 9.96. The largest absolute Gasteiger partial charge is 0.494 e. The average molecular weight is 461 g/mol. The van der Waals surface area contributed by atoms with Gasteiger partial charge in [0.1, 0.15) is 11.5 Å². The van der Waals surface area contributed by atoms with E-state index >= 15 is 0 Å². The fourth-order valence-corrected chi connectivity index (χ4v) is 4.64. The van der Waals surface area contributed by atoms with Crippen molar-refractivity contribution in [2.45, 2.75) is 40.2 Å². The van der Waals surface area contributed by atoms with Gasteiger partial charge < -0.3 is 9.15 Å². The summed E-state index contributed by atoms with van der Waals surface area (Å²) in [5.74, 6) is 1.85. The number of hydrogen-bond acceptors (Lipinski definition) is 5. The first-order valence-corrected chi connectivity index (χ1v) is 11.9. The smallest absolute Gasteiger partial charge is 0.267 e. The second-order valence-electron chi connectivity index (χ2n) is 8.15. The zero-order chi connectivity index (χ0) is 23.4. The Morgan fingerprint density at radius 1 is 1.15 bits per heavy atom. The number of amides is 1. The second-order valence-corrected chi connectivity index (χ2v) is 9.15. The topological polar surface area (TPSA) is 55.0 Å². The van der Waals surface area contributed by atoms with Gasteiger partial charge in [-0.1, -0.05) is 32.0 Å². The van der Waals surface area contributed by atoms with E-state index in [9.17, 15) is 4.79 Å². The summed E-state index contributed by atoms with van der Waals surface area (Å²) in [5, 5.41) is 0.640. The Bertz CT molecular complexity index is 1180. The van der Waals surface area contributed by atoms with E-state index in [4.69, 9.17) is 14.1 Å². The van der Waals surface area contributed by atoms with Gasteiger partial charge in [-0.05, 0) is 90.7 Å². The van der Waals surface area contributed by atoms with Crippen molar-refractivity contribution in [1.29, 1.82) is 0 Å². The van der Waals surface area contributed by atoms with Crippen molar-refractivity contribution in [2.24, 2.45) is 4.99 Å². The third-order valence-corrected chi connectivity index (χ3v) is 6.38. The van der Waals surface area contributed by atoms with Crippen molar-refractivity contribution < 1.29 is 13.9 Å². The highest BCUT2D eigenvalue weighted by Crippen LogP contribution is 2.37. The second kappa shape index (κ2) is 10.1. The number of benzene rings is 2. The van der Waals surface area contributed by atoms with E-state index < -0.39 is 0 Å². The predicted octanol–water partition coefficient (Wildman–Crippen LogP) is 6.91. The van der Waals surface area contributed by atoms with E-state index in [0.717, 1.165) is 28.1 Å². The van der Waals surface area contributed by atoms with Crippen LogP contribution < -0.4 is 4.74 Å². The Hall–Kier alpha value is -3.25. The van der Waals surface area contributed by atoms with E-state index in [1.54, 1.807) is 11.2 Å². The molecule has 1 amide bonds. The molecule has 0 unspecified atom stereocenters. The highest BCUT2D eigenvalue weighted by molar-refractivity contribution is 8.18. The maximum Gasteiger partial charge on any atom is 0.267 e. The number of ether oxygens (including phenoxy) is 1. The summed E-state index contributed by atoms with van der Waals surface area (Å²) in [7, 11) is 0. The minimum Gasteiger partial charge on any atom is -0.494 e. The number of carbonyl (C=O) groups excluding carboxylic acids is 1. The minimum absolute atomic E-state index is 0.0783. The van der Waals surface area contributed by atoms with Crippen LogP contribution in [0.5, 0.6) is 5.75 Å². The lowest BCUT2D eigenvalue weighted by molar-refractivity contribution is -0.122. The molecule has 0 spiro atoms. The molecule has 1 aliphatic heterocycles. The van der Waals surface area contributed by atoms with Gasteiger partial charge in [0.05, 0.1) is 30.0 Å². The first-order chi connectivity index (χ1) is 16.0. The molecular weight excluding hydrogens is 432 g/mol. The molecule has 2 aromatic carbocycles. The van der Waals surface area contributed by atoms with Gasteiger partial charge in [-0.25, -0.2) is 4.99 Å². The molecule has 0 atom stereocenters. The third-order valence-electron chi connectivity index (χ3n) is 5.37. The van der Waals surface area contributed by atoms with Crippen LogP contribution in [0.3, 0.4) is 0 Å². The Balaban J connectivity index is 1.73. The monoisotopic (exact) mass is 460 g/mol. The number of thioether (sulfide) groups is 1. The number of furan rings is 1. The number of amidine groups is 1. The molecule has 0 saturated carbocycles. The summed E-state index contributed by atoms with van der Waals surface area (Å²) in [6, 6.07) is 17.6. The van der Waals surface area contributed by atoms with Crippen molar-refractivity contribution in [2.75, 3.05) is 6.61 Å². The molecule has 0 radical (unpaired) electrons. The molecule has 3 aromatic rings. The van der Waals surface area contributed by atoms with Crippen molar-refractivity contribution >= 4 is 34.6 Å². The molecule has 0 bridgehead atoms. The minimum atomic E-state index is -0.0783. The van der Waals surface area contributed by atoms with E-state index in [0.29, 0.717) is 34.9 Å². The van der Waals surface area contributed by atoms with E-state index in [1.165, 1.54) is 11.8 Å². The third kappa shape index (κ3) is 5.22. The summed E-state index contributed by atoms with van der Waals surface area (Å²) >= 11 is 1.39. The maximum absolute atomic E-state index is 13.4. The lowest BCUT2D eigenvalue weighted by Crippen LogP contribution is -2.28. The van der Waals surface area contributed by atoms with Gasteiger partial charge in [0.15, 0.2) is 5.17 Å². The fourth-order valence-electron chi connectivity index (χ4n) is 3.65. The molecule has 1 fully saturated rings. The molecular formula is C27H28N2O3S. The number of aryl methyl sites for hydroxylation is 1. The molecule has 33 heavy (non-hydrogen) atoms. The summed E-state index contributed by atoms with van der Waals surface area (Å²) in [4.78, 5) is 20.5. The highest BCUT2D eigenvalue weighted by Gasteiger charge is 2.34. The molecule has 1 aliphatic rings. The van der Waals surface area contributed by atoms with Crippen LogP contribution in [0.15, 0.2) is 75.2 Å². The first kappa shape index (κ1) is 22.9. The predicted molar refractivity (Wildman–Crippen MR) is 135 cm³/mol. The van der Waals surface area contributed by atoms with Crippen molar-refractivity contribution in [3.8, 4) is 5.75 Å². The molecule has 4 rings (SSSR count). The van der Waals surface area contributed by atoms with Crippen molar-refractivity contribution in [1.82, 2.24) is 4.90 Å². The van der Waals surface area contributed by atoms with Gasteiger partial charge in [-0.15, -0.1) is 0 Å². The molecule has 1 aromatic heterocycles. The van der Waals surface area contributed by atoms with Gasteiger partial charge in [0.25, 0.3) is 5.91 Å². The molecule has 1 saturated heterocycles. The number of carbonyl (C=O) groups is 1. The van der Waals surface area contributed by atoms with Crippen LogP contribution in [-0.4, -0.2) is 22.6 Å². The molecule has 170 valence electrons.